The highest BCUT2D eigenvalue weighted by Crippen LogP contribution is 2.17. The van der Waals surface area contributed by atoms with E-state index in [2.05, 4.69) is 10.3 Å². The minimum absolute atomic E-state index is 0.236. The van der Waals surface area contributed by atoms with Gasteiger partial charge in [0.05, 0.1) is 17.2 Å². The molecule has 0 radical (unpaired) electrons. The molecule has 4 nitrogen and oxygen atoms in total. The Balaban J connectivity index is 2.61. The van der Waals surface area contributed by atoms with Gasteiger partial charge in [-0.3, -0.25) is 4.79 Å². The van der Waals surface area contributed by atoms with Crippen LogP contribution in [0.15, 0.2) is 12.3 Å². The van der Waals surface area contributed by atoms with Crippen LogP contribution in [0.1, 0.15) is 17.3 Å². The van der Waals surface area contributed by atoms with E-state index in [4.69, 9.17) is 27.9 Å². The van der Waals surface area contributed by atoms with E-state index in [1.807, 2.05) is 6.92 Å². The van der Waals surface area contributed by atoms with E-state index in [1.54, 1.807) is 7.11 Å². The number of nitrogens with zero attached hydrogens (tertiary/aromatic N) is 1. The van der Waals surface area contributed by atoms with Gasteiger partial charge in [0.1, 0.15) is 5.15 Å². The Labute approximate surface area is 110 Å². The Kier molecular flexibility index (Phi) is 5.68. The maximum absolute atomic E-state index is 11.8. The fourth-order valence-corrected chi connectivity index (χ4v) is 1.64. The summed E-state index contributed by atoms with van der Waals surface area (Å²) in [7, 11) is 1.62. The van der Waals surface area contributed by atoms with Crippen LogP contribution in [-0.2, 0) is 4.74 Å². The lowest BCUT2D eigenvalue weighted by molar-refractivity contribution is 0.0934. The standard InChI is InChI=1S/C11H14Cl2N2O2/c1-7(6-17-2)4-15-11(16)8-3-10(13)14-5-9(8)12/h3,5,7H,4,6H2,1-2H3,(H,15,16). The van der Waals surface area contributed by atoms with Gasteiger partial charge in [0.2, 0.25) is 0 Å². The van der Waals surface area contributed by atoms with Gasteiger partial charge in [-0.25, -0.2) is 4.98 Å². The molecule has 1 aromatic rings. The number of pyridine rings is 1. The Hall–Kier alpha value is -0.840. The molecule has 94 valence electrons. The Morgan fingerprint density at radius 1 is 1.59 bits per heavy atom. The Morgan fingerprint density at radius 3 is 2.94 bits per heavy atom. The summed E-state index contributed by atoms with van der Waals surface area (Å²) >= 11 is 11.6. The van der Waals surface area contributed by atoms with Crippen molar-refractivity contribution in [2.75, 3.05) is 20.3 Å². The molecule has 1 amide bonds. The molecule has 0 saturated carbocycles. The molecule has 1 heterocycles. The number of rotatable bonds is 5. The zero-order valence-corrected chi connectivity index (χ0v) is 11.2. The molecule has 1 rings (SSSR count). The fourth-order valence-electron chi connectivity index (χ4n) is 1.29. The van der Waals surface area contributed by atoms with Crippen LogP contribution < -0.4 is 5.32 Å². The van der Waals surface area contributed by atoms with Gasteiger partial charge >= 0.3 is 0 Å². The lowest BCUT2D eigenvalue weighted by Gasteiger charge is -2.12. The first-order valence-corrected chi connectivity index (χ1v) is 5.88. The van der Waals surface area contributed by atoms with Gasteiger partial charge in [0.15, 0.2) is 0 Å². The number of aromatic nitrogens is 1. The van der Waals surface area contributed by atoms with Crippen molar-refractivity contribution in [3.05, 3.63) is 28.0 Å². The number of halogens is 2. The van der Waals surface area contributed by atoms with Gasteiger partial charge in [-0.15, -0.1) is 0 Å². The van der Waals surface area contributed by atoms with E-state index < -0.39 is 0 Å². The molecule has 1 N–H and O–H groups in total. The predicted octanol–water partition coefficient (Wildman–Crippen LogP) is 2.40. The fraction of sp³-hybridized carbons (Fsp3) is 0.455. The van der Waals surface area contributed by atoms with Crippen molar-refractivity contribution >= 4 is 29.1 Å². The SMILES string of the molecule is COCC(C)CNC(=O)c1cc(Cl)ncc1Cl. The second-order valence-corrected chi connectivity index (χ2v) is 4.55. The van der Waals surface area contributed by atoms with E-state index in [0.29, 0.717) is 18.7 Å². The molecule has 1 unspecified atom stereocenters. The Morgan fingerprint density at radius 2 is 2.29 bits per heavy atom. The second-order valence-electron chi connectivity index (χ2n) is 3.76. The van der Waals surface area contributed by atoms with Gasteiger partial charge in [-0.2, -0.15) is 0 Å². The van der Waals surface area contributed by atoms with E-state index in [9.17, 15) is 4.79 Å². The third-order valence-electron chi connectivity index (χ3n) is 2.13. The number of carbonyl (C=O) groups is 1. The van der Waals surface area contributed by atoms with Crippen LogP contribution in [0.2, 0.25) is 10.2 Å². The first kappa shape index (κ1) is 14.2. The van der Waals surface area contributed by atoms with E-state index in [-0.39, 0.29) is 22.0 Å². The summed E-state index contributed by atoms with van der Waals surface area (Å²) in [6, 6.07) is 1.44. The van der Waals surface area contributed by atoms with Crippen molar-refractivity contribution in [3.63, 3.8) is 0 Å². The highest BCUT2D eigenvalue weighted by molar-refractivity contribution is 6.35. The van der Waals surface area contributed by atoms with Crippen molar-refractivity contribution in [1.82, 2.24) is 10.3 Å². The first-order valence-electron chi connectivity index (χ1n) is 5.12. The van der Waals surface area contributed by atoms with Crippen LogP contribution in [0.4, 0.5) is 0 Å². The molecule has 1 aromatic heterocycles. The van der Waals surface area contributed by atoms with E-state index in [0.717, 1.165) is 0 Å². The van der Waals surface area contributed by atoms with Crippen molar-refractivity contribution in [2.45, 2.75) is 6.92 Å². The van der Waals surface area contributed by atoms with Crippen molar-refractivity contribution < 1.29 is 9.53 Å². The molecule has 1 atom stereocenters. The number of amides is 1. The minimum atomic E-state index is -0.262. The average molecular weight is 277 g/mol. The topological polar surface area (TPSA) is 51.2 Å². The summed E-state index contributed by atoms with van der Waals surface area (Å²) in [5.41, 5.74) is 0.330. The summed E-state index contributed by atoms with van der Waals surface area (Å²) in [6.45, 7) is 3.08. The zero-order chi connectivity index (χ0) is 12.8. The molecular formula is C11H14Cl2N2O2. The summed E-state index contributed by atoms with van der Waals surface area (Å²) in [6.07, 6.45) is 1.36. The molecule has 0 aliphatic rings. The summed E-state index contributed by atoms with van der Waals surface area (Å²) in [4.78, 5) is 15.6. The molecule has 0 bridgehead atoms. The first-order chi connectivity index (χ1) is 8.04. The van der Waals surface area contributed by atoms with Crippen LogP contribution in [0.25, 0.3) is 0 Å². The highest BCUT2D eigenvalue weighted by atomic mass is 35.5. The monoisotopic (exact) mass is 276 g/mol. The molecule has 6 heteroatoms. The van der Waals surface area contributed by atoms with E-state index in [1.165, 1.54) is 12.3 Å². The quantitative estimate of drug-likeness (QED) is 0.841. The molecule has 0 saturated heterocycles. The van der Waals surface area contributed by atoms with Crippen molar-refractivity contribution in [1.29, 1.82) is 0 Å². The van der Waals surface area contributed by atoms with Gasteiger partial charge in [0, 0.05) is 19.9 Å². The van der Waals surface area contributed by atoms with Crippen molar-refractivity contribution in [2.24, 2.45) is 5.92 Å². The molecule has 17 heavy (non-hydrogen) atoms. The predicted molar refractivity (Wildman–Crippen MR) is 67.6 cm³/mol. The van der Waals surface area contributed by atoms with Crippen LogP contribution in [-0.4, -0.2) is 31.2 Å². The highest BCUT2D eigenvalue weighted by Gasteiger charge is 2.12. The normalized spacial score (nSPS) is 12.2. The van der Waals surface area contributed by atoms with Gasteiger partial charge in [-0.1, -0.05) is 30.1 Å². The van der Waals surface area contributed by atoms with Gasteiger partial charge in [0.25, 0.3) is 5.91 Å². The van der Waals surface area contributed by atoms with Gasteiger partial charge in [-0.05, 0) is 12.0 Å². The van der Waals surface area contributed by atoms with Crippen LogP contribution in [0.3, 0.4) is 0 Å². The van der Waals surface area contributed by atoms with Crippen LogP contribution in [0, 0.1) is 5.92 Å². The number of ether oxygens (including phenoxy) is 1. The molecule has 0 spiro atoms. The van der Waals surface area contributed by atoms with Crippen LogP contribution in [0.5, 0.6) is 0 Å². The lowest BCUT2D eigenvalue weighted by Crippen LogP contribution is -2.30. The molecule has 0 aliphatic carbocycles. The molecule has 0 aliphatic heterocycles. The number of methoxy groups -OCH3 is 1. The maximum Gasteiger partial charge on any atom is 0.252 e. The third-order valence-corrected chi connectivity index (χ3v) is 2.64. The van der Waals surface area contributed by atoms with Crippen LogP contribution >= 0.6 is 23.2 Å². The smallest absolute Gasteiger partial charge is 0.252 e. The van der Waals surface area contributed by atoms with Crippen molar-refractivity contribution in [3.8, 4) is 0 Å². The Bertz CT molecular complexity index is 399. The zero-order valence-electron chi connectivity index (χ0n) is 9.67. The number of hydrogen-bond acceptors (Lipinski definition) is 3. The summed E-state index contributed by atoms with van der Waals surface area (Å²) in [5.74, 6) is -0.0257. The number of nitrogens with one attached hydrogen (secondary N) is 1. The molecule has 0 aromatic carbocycles. The minimum Gasteiger partial charge on any atom is -0.384 e. The number of hydrogen-bond donors (Lipinski definition) is 1. The number of carbonyl (C=O) groups excluding carboxylic acids is 1. The summed E-state index contributed by atoms with van der Waals surface area (Å²) < 4.78 is 4.98. The average Bonchev–Trinajstić information content (AvgIpc) is 2.29. The third kappa shape index (κ3) is 4.50. The largest absolute Gasteiger partial charge is 0.384 e. The van der Waals surface area contributed by atoms with Gasteiger partial charge < -0.3 is 10.1 Å². The van der Waals surface area contributed by atoms with E-state index >= 15 is 0 Å². The maximum atomic E-state index is 11.8. The molecule has 0 fully saturated rings. The second kappa shape index (κ2) is 6.79. The lowest BCUT2D eigenvalue weighted by atomic mass is 10.2. The summed E-state index contributed by atoms with van der Waals surface area (Å²) in [5, 5.41) is 3.29. The molecular weight excluding hydrogens is 263 g/mol.